The zero-order chi connectivity index (χ0) is 24.6. The second kappa shape index (κ2) is 9.16. The van der Waals surface area contributed by atoms with Crippen molar-refractivity contribution in [2.45, 2.75) is 83.4 Å². The fraction of sp³-hybridized carbons (Fsp3) is 0.552. The summed E-state index contributed by atoms with van der Waals surface area (Å²) in [5.74, 6) is 0.487. The maximum absolute atomic E-state index is 12.9. The Balaban J connectivity index is 1.52. The number of carbonyl (C=O) groups is 1. The van der Waals surface area contributed by atoms with Crippen molar-refractivity contribution in [3.63, 3.8) is 0 Å². The normalized spacial score (nSPS) is 22.8. The molecule has 2 aliphatic rings. The Kier molecular flexibility index (Phi) is 6.73. The van der Waals surface area contributed by atoms with Gasteiger partial charge < -0.3 is 14.1 Å². The zero-order valence-corrected chi connectivity index (χ0v) is 22.8. The van der Waals surface area contributed by atoms with Crippen LogP contribution in [0.5, 0.6) is 0 Å². The monoisotopic (exact) mass is 479 g/mol. The zero-order valence-electron chi connectivity index (χ0n) is 21.8. The van der Waals surface area contributed by atoms with Gasteiger partial charge in [-0.2, -0.15) is 0 Å². The summed E-state index contributed by atoms with van der Waals surface area (Å²) in [7, 11) is -2.52. The molecular formula is C29H41NO3Si. The van der Waals surface area contributed by atoms with Gasteiger partial charge in [0.1, 0.15) is 5.60 Å². The molecule has 4 nitrogen and oxygen atoms in total. The van der Waals surface area contributed by atoms with Gasteiger partial charge in [-0.15, -0.1) is 0 Å². The molecule has 0 bridgehead atoms. The second-order valence-electron chi connectivity index (χ2n) is 12.0. The van der Waals surface area contributed by atoms with Crippen molar-refractivity contribution in [1.29, 1.82) is 0 Å². The molecule has 2 aromatic rings. The maximum Gasteiger partial charge on any atom is 0.410 e. The van der Waals surface area contributed by atoms with E-state index in [1.165, 1.54) is 10.4 Å². The van der Waals surface area contributed by atoms with Gasteiger partial charge >= 0.3 is 6.09 Å². The van der Waals surface area contributed by atoms with Crippen molar-refractivity contribution in [2.75, 3.05) is 13.2 Å². The molecule has 5 heteroatoms. The molecule has 0 N–H and O–H groups in total. The van der Waals surface area contributed by atoms with E-state index < -0.39 is 13.9 Å². The molecule has 1 spiro atoms. The highest BCUT2D eigenvalue weighted by atomic mass is 28.4. The van der Waals surface area contributed by atoms with Crippen LogP contribution in [0.1, 0.15) is 67.2 Å². The van der Waals surface area contributed by atoms with Crippen molar-refractivity contribution < 1.29 is 14.0 Å². The predicted octanol–water partition coefficient (Wildman–Crippen LogP) is 5.74. The predicted molar refractivity (Wildman–Crippen MR) is 141 cm³/mol. The van der Waals surface area contributed by atoms with Crippen LogP contribution in [0.15, 0.2) is 60.7 Å². The number of benzene rings is 2. The van der Waals surface area contributed by atoms with Crippen molar-refractivity contribution in [2.24, 2.45) is 5.92 Å². The van der Waals surface area contributed by atoms with Crippen LogP contribution in [0.2, 0.25) is 5.04 Å². The highest BCUT2D eigenvalue weighted by Gasteiger charge is 2.62. The lowest BCUT2D eigenvalue weighted by Crippen LogP contribution is -2.66. The molecule has 0 radical (unpaired) electrons. The van der Waals surface area contributed by atoms with Crippen LogP contribution in [-0.4, -0.2) is 43.6 Å². The van der Waals surface area contributed by atoms with Gasteiger partial charge in [0.05, 0.1) is 0 Å². The van der Waals surface area contributed by atoms with E-state index in [0.29, 0.717) is 12.5 Å². The van der Waals surface area contributed by atoms with Gasteiger partial charge in [-0.25, -0.2) is 4.79 Å². The smallest absolute Gasteiger partial charge is 0.410 e. The molecular weight excluding hydrogens is 438 g/mol. The summed E-state index contributed by atoms with van der Waals surface area (Å²) in [6, 6.07) is 21.6. The summed E-state index contributed by atoms with van der Waals surface area (Å²) >= 11 is 0. The quantitative estimate of drug-likeness (QED) is 0.496. The van der Waals surface area contributed by atoms with Crippen LogP contribution in [0.4, 0.5) is 4.79 Å². The van der Waals surface area contributed by atoms with E-state index in [1.807, 2.05) is 25.7 Å². The molecule has 1 amide bonds. The van der Waals surface area contributed by atoms with Gasteiger partial charge in [0.2, 0.25) is 0 Å². The standard InChI is InChI=1S/C29H41NO3Si/c1-27(2,3)33-26(31)30-20-13-19-29(30)22-23(29)18-21-32-34(28(4,5)6,24-14-9-7-10-15-24)25-16-11-8-12-17-25/h7-12,14-17,23H,13,18-22H2,1-6H3/t23-,29+/m1/s1. The SMILES string of the molecule is CC(C)(C)OC(=O)N1CCC[C@@]12C[C@H]2CCO[Si](c1ccccc1)(c1ccccc1)C(C)(C)C. The van der Waals surface area contributed by atoms with Gasteiger partial charge in [0, 0.05) is 18.7 Å². The van der Waals surface area contributed by atoms with E-state index in [0.717, 1.165) is 32.2 Å². The first-order chi connectivity index (χ1) is 16.0. The molecule has 4 rings (SSSR count). The molecule has 0 aromatic heterocycles. The lowest BCUT2D eigenvalue weighted by molar-refractivity contribution is 0.0184. The summed E-state index contributed by atoms with van der Waals surface area (Å²) in [4.78, 5) is 14.9. The van der Waals surface area contributed by atoms with Crippen LogP contribution < -0.4 is 10.4 Å². The Labute approximate surface area is 206 Å². The Bertz CT molecular complexity index is 940. The largest absolute Gasteiger partial charge is 0.444 e. The van der Waals surface area contributed by atoms with Gasteiger partial charge in [-0.3, -0.25) is 0 Å². The van der Waals surface area contributed by atoms with Crippen molar-refractivity contribution in [1.82, 2.24) is 4.90 Å². The number of likely N-dealkylation sites (tertiary alicyclic amines) is 1. The number of carbonyl (C=O) groups excluding carboxylic acids is 1. The number of rotatable bonds is 6. The molecule has 1 saturated heterocycles. The summed E-state index contributed by atoms with van der Waals surface area (Å²) in [5.41, 5.74) is -0.477. The Morgan fingerprint density at radius 2 is 1.53 bits per heavy atom. The third-order valence-electron chi connectivity index (χ3n) is 7.54. The lowest BCUT2D eigenvalue weighted by Gasteiger charge is -2.43. The van der Waals surface area contributed by atoms with Gasteiger partial charge in [0.25, 0.3) is 8.32 Å². The van der Waals surface area contributed by atoms with E-state index in [-0.39, 0.29) is 16.7 Å². The highest BCUT2D eigenvalue weighted by Crippen LogP contribution is 2.57. The topological polar surface area (TPSA) is 38.8 Å². The lowest BCUT2D eigenvalue weighted by atomic mass is 10.1. The first kappa shape index (κ1) is 25.0. The first-order valence-electron chi connectivity index (χ1n) is 12.8. The fourth-order valence-electron chi connectivity index (χ4n) is 5.98. The van der Waals surface area contributed by atoms with E-state index in [1.54, 1.807) is 0 Å². The molecule has 1 saturated carbocycles. The number of hydrogen-bond acceptors (Lipinski definition) is 3. The minimum absolute atomic E-state index is 0.0167. The average Bonchev–Trinajstić information content (AvgIpc) is 3.27. The van der Waals surface area contributed by atoms with Crippen LogP contribution in [0.3, 0.4) is 0 Å². The maximum atomic E-state index is 12.9. The molecule has 2 aromatic carbocycles. The Morgan fingerprint density at radius 1 is 0.971 bits per heavy atom. The number of amides is 1. The van der Waals surface area contributed by atoms with Crippen molar-refractivity contribution in [3.8, 4) is 0 Å². The third kappa shape index (κ3) is 4.69. The highest BCUT2D eigenvalue weighted by molar-refractivity contribution is 6.99. The molecule has 0 unspecified atom stereocenters. The van der Waals surface area contributed by atoms with Crippen molar-refractivity contribution in [3.05, 3.63) is 60.7 Å². The Morgan fingerprint density at radius 3 is 2.03 bits per heavy atom. The molecule has 34 heavy (non-hydrogen) atoms. The summed E-state index contributed by atoms with van der Waals surface area (Å²) in [6.07, 6.45) is 4.03. The van der Waals surface area contributed by atoms with Gasteiger partial charge in [-0.1, -0.05) is 81.4 Å². The number of nitrogens with zero attached hydrogens (tertiary/aromatic N) is 1. The minimum atomic E-state index is -2.52. The van der Waals surface area contributed by atoms with Crippen LogP contribution >= 0.6 is 0 Å². The third-order valence-corrected chi connectivity index (χ3v) is 12.6. The molecule has 184 valence electrons. The fourth-order valence-corrected chi connectivity index (χ4v) is 10.6. The second-order valence-corrected chi connectivity index (χ2v) is 16.3. The average molecular weight is 480 g/mol. The summed E-state index contributed by atoms with van der Waals surface area (Å²) < 4.78 is 12.8. The number of ether oxygens (including phenoxy) is 1. The van der Waals surface area contributed by atoms with E-state index in [9.17, 15) is 4.79 Å². The van der Waals surface area contributed by atoms with Gasteiger partial charge in [-0.05, 0) is 67.8 Å². The van der Waals surface area contributed by atoms with Crippen molar-refractivity contribution >= 4 is 24.8 Å². The molecule has 1 aliphatic heterocycles. The minimum Gasteiger partial charge on any atom is -0.444 e. The van der Waals surface area contributed by atoms with Crippen LogP contribution in [0.25, 0.3) is 0 Å². The van der Waals surface area contributed by atoms with Gasteiger partial charge in [0.15, 0.2) is 0 Å². The summed E-state index contributed by atoms with van der Waals surface area (Å²) in [5, 5.41) is 2.61. The van der Waals surface area contributed by atoms with Crippen LogP contribution in [-0.2, 0) is 9.16 Å². The first-order valence-corrected chi connectivity index (χ1v) is 14.7. The van der Waals surface area contributed by atoms with E-state index in [4.69, 9.17) is 9.16 Å². The number of hydrogen-bond donors (Lipinski definition) is 0. The molecule has 1 aliphatic carbocycles. The molecule has 1 heterocycles. The van der Waals surface area contributed by atoms with Crippen LogP contribution in [0, 0.1) is 5.92 Å². The summed E-state index contributed by atoms with van der Waals surface area (Å²) in [6.45, 7) is 14.3. The van der Waals surface area contributed by atoms with E-state index >= 15 is 0 Å². The Hall–Kier alpha value is -2.11. The van der Waals surface area contributed by atoms with E-state index in [2.05, 4.69) is 81.4 Å². The molecule has 2 atom stereocenters. The molecule has 2 fully saturated rings.